The second-order valence-corrected chi connectivity index (χ2v) is 4.42. The zero-order chi connectivity index (χ0) is 10.3. The van der Waals surface area contributed by atoms with Crippen molar-refractivity contribution in [2.45, 2.75) is 12.3 Å². The monoisotopic (exact) mass is 217 g/mol. The average Bonchev–Trinajstić information content (AvgIpc) is 2.68. The van der Waals surface area contributed by atoms with Crippen molar-refractivity contribution in [3.8, 4) is 0 Å². The average molecular weight is 217 g/mol. The predicted molar refractivity (Wildman–Crippen MR) is 61.4 cm³/mol. The van der Waals surface area contributed by atoms with Gasteiger partial charge in [0.15, 0.2) is 5.82 Å². The zero-order valence-corrected chi connectivity index (χ0v) is 9.21. The molecular formula is C11H11N3S. The van der Waals surface area contributed by atoms with Gasteiger partial charge in [-0.05, 0) is 17.5 Å². The van der Waals surface area contributed by atoms with E-state index < -0.39 is 0 Å². The third kappa shape index (κ3) is 1.33. The highest BCUT2D eigenvalue weighted by molar-refractivity contribution is 7.09. The van der Waals surface area contributed by atoms with E-state index in [1.54, 1.807) is 0 Å². The molecule has 0 aliphatic heterocycles. The first-order chi connectivity index (χ1) is 7.38. The molecule has 1 atom stereocenters. The first-order valence-corrected chi connectivity index (χ1v) is 5.75. The van der Waals surface area contributed by atoms with Crippen LogP contribution in [0, 0.1) is 0 Å². The molecule has 1 heterocycles. The molecule has 1 aromatic carbocycles. The van der Waals surface area contributed by atoms with Gasteiger partial charge >= 0.3 is 0 Å². The van der Waals surface area contributed by atoms with Gasteiger partial charge in [0.2, 0.25) is 5.13 Å². The van der Waals surface area contributed by atoms with Crippen LogP contribution >= 0.6 is 11.5 Å². The van der Waals surface area contributed by atoms with Gasteiger partial charge in [0.1, 0.15) is 0 Å². The largest absolute Gasteiger partial charge is 0.363 e. The van der Waals surface area contributed by atoms with E-state index in [1.807, 2.05) is 7.05 Å². The molecule has 76 valence electrons. The molecule has 4 heteroatoms. The van der Waals surface area contributed by atoms with Gasteiger partial charge < -0.3 is 5.32 Å². The molecule has 1 aliphatic rings. The fourth-order valence-electron chi connectivity index (χ4n) is 1.97. The van der Waals surface area contributed by atoms with Crippen LogP contribution in [0.25, 0.3) is 0 Å². The first-order valence-electron chi connectivity index (χ1n) is 4.97. The third-order valence-electron chi connectivity index (χ3n) is 2.82. The van der Waals surface area contributed by atoms with Gasteiger partial charge in [0.25, 0.3) is 0 Å². The van der Waals surface area contributed by atoms with Crippen LogP contribution in [0.4, 0.5) is 5.13 Å². The Morgan fingerprint density at radius 2 is 2.27 bits per heavy atom. The standard InChI is InChI=1S/C11H11N3S/c1-12-11-13-10(14-15-11)9-6-7-4-2-3-5-8(7)9/h2-5,9H,6H2,1H3,(H,12,13,14). The first kappa shape index (κ1) is 8.85. The van der Waals surface area contributed by atoms with E-state index in [2.05, 4.69) is 38.9 Å². The summed E-state index contributed by atoms with van der Waals surface area (Å²) in [7, 11) is 1.87. The third-order valence-corrected chi connectivity index (χ3v) is 3.57. The Balaban J connectivity index is 1.93. The fraction of sp³-hybridized carbons (Fsp3) is 0.273. The number of fused-ring (bicyclic) bond motifs is 1. The van der Waals surface area contributed by atoms with E-state index in [9.17, 15) is 0 Å². The quantitative estimate of drug-likeness (QED) is 0.838. The van der Waals surface area contributed by atoms with Crippen molar-refractivity contribution in [2.75, 3.05) is 12.4 Å². The van der Waals surface area contributed by atoms with Crippen LogP contribution in [0.5, 0.6) is 0 Å². The van der Waals surface area contributed by atoms with Crippen LogP contribution in [-0.4, -0.2) is 16.4 Å². The van der Waals surface area contributed by atoms with E-state index in [0.717, 1.165) is 17.4 Å². The minimum atomic E-state index is 0.416. The van der Waals surface area contributed by atoms with E-state index in [1.165, 1.54) is 22.7 Å². The summed E-state index contributed by atoms with van der Waals surface area (Å²) in [5, 5.41) is 3.92. The lowest BCUT2D eigenvalue weighted by Gasteiger charge is -2.27. The summed E-state index contributed by atoms with van der Waals surface area (Å²) >= 11 is 1.43. The topological polar surface area (TPSA) is 37.8 Å². The Bertz CT molecular complexity index is 492. The number of benzene rings is 1. The minimum absolute atomic E-state index is 0.416. The molecule has 0 radical (unpaired) electrons. The molecule has 0 bridgehead atoms. The van der Waals surface area contributed by atoms with Crippen molar-refractivity contribution in [1.29, 1.82) is 0 Å². The predicted octanol–water partition coefficient (Wildman–Crippen LogP) is 2.27. The van der Waals surface area contributed by atoms with Crippen molar-refractivity contribution >= 4 is 16.7 Å². The van der Waals surface area contributed by atoms with E-state index in [0.29, 0.717) is 5.92 Å². The van der Waals surface area contributed by atoms with Gasteiger partial charge in [-0.15, -0.1) is 0 Å². The summed E-state index contributed by atoms with van der Waals surface area (Å²) in [5.41, 5.74) is 2.82. The van der Waals surface area contributed by atoms with E-state index in [4.69, 9.17) is 0 Å². The van der Waals surface area contributed by atoms with Crippen LogP contribution in [0.2, 0.25) is 0 Å². The lowest BCUT2D eigenvalue weighted by Crippen LogP contribution is -2.19. The molecule has 0 fully saturated rings. The lowest BCUT2D eigenvalue weighted by atomic mass is 9.77. The van der Waals surface area contributed by atoms with Gasteiger partial charge in [0.05, 0.1) is 0 Å². The highest BCUT2D eigenvalue weighted by Gasteiger charge is 2.29. The summed E-state index contributed by atoms with van der Waals surface area (Å²) in [5.74, 6) is 1.38. The van der Waals surface area contributed by atoms with Crippen molar-refractivity contribution in [1.82, 2.24) is 9.36 Å². The highest BCUT2D eigenvalue weighted by Crippen LogP contribution is 2.39. The molecule has 15 heavy (non-hydrogen) atoms. The van der Waals surface area contributed by atoms with Crippen molar-refractivity contribution < 1.29 is 0 Å². The Morgan fingerprint density at radius 3 is 3.00 bits per heavy atom. The van der Waals surface area contributed by atoms with Gasteiger partial charge in [-0.25, -0.2) is 4.98 Å². The molecule has 1 aromatic heterocycles. The molecule has 2 aromatic rings. The summed E-state index contributed by atoms with van der Waals surface area (Å²) in [6.45, 7) is 0. The van der Waals surface area contributed by atoms with Crippen LogP contribution in [0.15, 0.2) is 24.3 Å². The molecule has 0 amide bonds. The molecule has 1 aliphatic carbocycles. The smallest absolute Gasteiger partial charge is 0.202 e. The number of hydrogen-bond donors (Lipinski definition) is 1. The molecule has 3 rings (SSSR count). The molecule has 1 unspecified atom stereocenters. The number of aromatic nitrogens is 2. The molecule has 3 nitrogen and oxygen atoms in total. The molecular weight excluding hydrogens is 206 g/mol. The number of hydrogen-bond acceptors (Lipinski definition) is 4. The fourth-order valence-corrected chi connectivity index (χ4v) is 2.54. The Morgan fingerprint density at radius 1 is 1.40 bits per heavy atom. The van der Waals surface area contributed by atoms with Crippen LogP contribution in [0.1, 0.15) is 22.9 Å². The lowest BCUT2D eigenvalue weighted by molar-refractivity contribution is 0.672. The minimum Gasteiger partial charge on any atom is -0.363 e. The molecule has 0 saturated heterocycles. The van der Waals surface area contributed by atoms with Crippen molar-refractivity contribution in [3.63, 3.8) is 0 Å². The number of nitrogens with one attached hydrogen (secondary N) is 1. The molecule has 0 saturated carbocycles. The summed E-state index contributed by atoms with van der Waals surface area (Å²) in [6, 6.07) is 8.51. The number of rotatable bonds is 2. The Labute approximate surface area is 92.3 Å². The molecule has 0 spiro atoms. The maximum Gasteiger partial charge on any atom is 0.202 e. The van der Waals surface area contributed by atoms with Crippen LogP contribution in [-0.2, 0) is 6.42 Å². The zero-order valence-electron chi connectivity index (χ0n) is 8.40. The maximum atomic E-state index is 4.45. The van der Waals surface area contributed by atoms with Crippen molar-refractivity contribution in [2.24, 2.45) is 0 Å². The van der Waals surface area contributed by atoms with Gasteiger partial charge in [-0.1, -0.05) is 24.3 Å². The molecule has 1 N–H and O–H groups in total. The van der Waals surface area contributed by atoms with Crippen molar-refractivity contribution in [3.05, 3.63) is 41.2 Å². The summed E-state index contributed by atoms with van der Waals surface area (Å²) in [4.78, 5) is 4.45. The maximum absolute atomic E-state index is 4.45. The second-order valence-electron chi connectivity index (χ2n) is 3.66. The van der Waals surface area contributed by atoms with E-state index >= 15 is 0 Å². The van der Waals surface area contributed by atoms with Gasteiger partial charge in [-0.3, -0.25) is 0 Å². The Hall–Kier alpha value is -1.42. The normalized spacial score (nSPS) is 18.1. The summed E-state index contributed by atoms with van der Waals surface area (Å²) < 4.78 is 4.38. The van der Waals surface area contributed by atoms with Crippen LogP contribution < -0.4 is 5.32 Å². The second kappa shape index (κ2) is 3.31. The summed E-state index contributed by atoms with van der Waals surface area (Å²) in [6.07, 6.45) is 1.08. The van der Waals surface area contributed by atoms with Gasteiger partial charge in [-0.2, -0.15) is 4.37 Å². The highest BCUT2D eigenvalue weighted by atomic mass is 32.1. The van der Waals surface area contributed by atoms with E-state index in [-0.39, 0.29) is 0 Å². The number of anilines is 1. The SMILES string of the molecule is CNc1nc(C2Cc3ccccc32)ns1. The van der Waals surface area contributed by atoms with Gasteiger partial charge in [0, 0.05) is 24.5 Å². The Kier molecular flexibility index (Phi) is 1.95. The van der Waals surface area contributed by atoms with Crippen LogP contribution in [0.3, 0.4) is 0 Å². The number of nitrogens with zero attached hydrogens (tertiary/aromatic N) is 2.